The number of nitrogens with one attached hydrogen (secondary N) is 2. The number of hydrogen-bond donors (Lipinski definition) is 2. The number of aromatic nitrogens is 2. The van der Waals surface area contributed by atoms with Crippen molar-refractivity contribution in [2.45, 2.75) is 38.6 Å². The number of benzene rings is 2. The first-order valence-electron chi connectivity index (χ1n) is 14.7. The molecule has 0 saturated carbocycles. The molecule has 1 amide bonds. The minimum Gasteiger partial charge on any atom is -0.633 e. The van der Waals surface area contributed by atoms with Gasteiger partial charge in [-0.15, -0.1) is 0 Å². The monoisotopic (exact) mass is 572 g/mol. The summed E-state index contributed by atoms with van der Waals surface area (Å²) in [5.74, 6) is 2.25. The summed E-state index contributed by atoms with van der Waals surface area (Å²) < 4.78 is 8.92. The number of quaternary nitrogens is 1. The van der Waals surface area contributed by atoms with E-state index in [1.54, 1.807) is 29.3 Å². The third kappa shape index (κ3) is 7.00. The van der Waals surface area contributed by atoms with Gasteiger partial charge in [-0.05, 0) is 80.5 Å². The quantitative estimate of drug-likeness (QED) is 0.229. The number of nitrogens with zero attached hydrogens (tertiary/aromatic N) is 4. The van der Waals surface area contributed by atoms with Crippen LogP contribution in [0.25, 0.3) is 5.69 Å². The molecule has 3 heterocycles. The number of likely N-dealkylation sites (tertiary alicyclic amines) is 1. The van der Waals surface area contributed by atoms with Gasteiger partial charge in [0.1, 0.15) is 23.0 Å². The molecule has 0 unspecified atom stereocenters. The maximum Gasteiger partial charge on any atom is 0.334 e. The number of fused-ring (bicyclic) bond motifs is 1. The Morgan fingerprint density at radius 1 is 1.07 bits per heavy atom. The van der Waals surface area contributed by atoms with Gasteiger partial charge in [0.2, 0.25) is 5.91 Å². The Morgan fingerprint density at radius 3 is 2.45 bits per heavy atom. The van der Waals surface area contributed by atoms with Gasteiger partial charge in [-0.2, -0.15) is 0 Å². The third-order valence-corrected chi connectivity index (χ3v) is 7.82. The first kappa shape index (κ1) is 29.3. The zero-order valence-electron chi connectivity index (χ0n) is 24.4. The van der Waals surface area contributed by atoms with Gasteiger partial charge >= 0.3 is 5.69 Å². The van der Waals surface area contributed by atoms with E-state index in [9.17, 15) is 14.8 Å². The van der Waals surface area contributed by atoms with E-state index >= 15 is 0 Å². The number of carbonyl (C=O) groups excluding carboxylic acids is 1. The molecule has 2 aliphatic heterocycles. The van der Waals surface area contributed by atoms with Crippen molar-refractivity contribution < 1.29 is 14.2 Å². The zero-order valence-corrected chi connectivity index (χ0v) is 24.4. The lowest BCUT2D eigenvalue weighted by Gasteiger charge is -2.33. The van der Waals surface area contributed by atoms with Gasteiger partial charge in [0.15, 0.2) is 0 Å². The summed E-state index contributed by atoms with van der Waals surface area (Å²) in [6.45, 7) is 2.72. The zero-order chi connectivity index (χ0) is 29.7. The molecule has 1 saturated heterocycles. The fourth-order valence-electron chi connectivity index (χ4n) is 5.56. The summed E-state index contributed by atoms with van der Waals surface area (Å²) in [5.41, 5.74) is 1.59. The standard InChI is InChI=1S/C32H40N6O4/c1-38(2,41)22-8-12-29(39)35-20-17-24(18-21-35)23-36-31-30(28(33)11-6-7-19-34-31)37(32(36)40)25-13-15-27(16-14-25)42-26-9-4-3-5-10-26/h3-5,8-10,12-16,24,33-34H,6-7,11,17-23H2,1-2H3/b12-8+,33-28?. The van der Waals surface area contributed by atoms with E-state index in [1.165, 1.54) is 6.08 Å². The Balaban J connectivity index is 1.35. The summed E-state index contributed by atoms with van der Waals surface area (Å²) >= 11 is 0. The topological polar surface area (TPSA) is 115 Å². The first-order valence-corrected chi connectivity index (χ1v) is 14.7. The van der Waals surface area contributed by atoms with Crippen LogP contribution in [0.3, 0.4) is 0 Å². The van der Waals surface area contributed by atoms with Crippen molar-refractivity contribution in [3.63, 3.8) is 0 Å². The molecular formula is C32H40N6O4. The Hall–Kier alpha value is -4.15. The lowest BCUT2D eigenvalue weighted by molar-refractivity contribution is -0.833. The van der Waals surface area contributed by atoms with Crippen molar-refractivity contribution in [1.29, 1.82) is 5.41 Å². The van der Waals surface area contributed by atoms with Crippen molar-refractivity contribution in [3.8, 4) is 17.2 Å². The lowest BCUT2D eigenvalue weighted by Crippen LogP contribution is -2.39. The second kappa shape index (κ2) is 12.8. The number of imidazole rings is 1. The van der Waals surface area contributed by atoms with E-state index in [-0.39, 0.29) is 24.1 Å². The van der Waals surface area contributed by atoms with Gasteiger partial charge in [-0.1, -0.05) is 18.2 Å². The van der Waals surface area contributed by atoms with Crippen LogP contribution in [0.1, 0.15) is 37.8 Å². The van der Waals surface area contributed by atoms with Crippen LogP contribution in [0.15, 0.2) is 71.5 Å². The van der Waals surface area contributed by atoms with Crippen LogP contribution in [-0.4, -0.2) is 70.6 Å². The Labute approximate surface area is 246 Å². The van der Waals surface area contributed by atoms with Gasteiger partial charge in [0.05, 0.1) is 32.0 Å². The number of para-hydroxylation sites is 1. The molecule has 2 aromatic carbocycles. The van der Waals surface area contributed by atoms with Crippen molar-refractivity contribution >= 4 is 17.4 Å². The van der Waals surface area contributed by atoms with Crippen LogP contribution in [-0.2, 0) is 11.3 Å². The molecule has 42 heavy (non-hydrogen) atoms. The average molecular weight is 573 g/mol. The predicted octanol–water partition coefficient (Wildman–Crippen LogP) is 4.76. The Bertz CT molecular complexity index is 1480. The lowest BCUT2D eigenvalue weighted by atomic mass is 9.96. The highest BCUT2D eigenvalue weighted by atomic mass is 16.5. The Morgan fingerprint density at radius 2 is 1.76 bits per heavy atom. The van der Waals surface area contributed by atoms with Crippen LogP contribution in [0.5, 0.6) is 11.5 Å². The highest BCUT2D eigenvalue weighted by Gasteiger charge is 2.28. The van der Waals surface area contributed by atoms with Gasteiger partial charge in [-0.3, -0.25) is 13.9 Å². The largest absolute Gasteiger partial charge is 0.633 e. The van der Waals surface area contributed by atoms with E-state index in [2.05, 4.69) is 5.32 Å². The molecule has 0 aliphatic carbocycles. The Kier molecular flexibility index (Phi) is 8.94. The van der Waals surface area contributed by atoms with Crippen LogP contribution < -0.4 is 15.7 Å². The molecule has 2 N–H and O–H groups in total. The molecule has 2 aliphatic rings. The van der Waals surface area contributed by atoms with Crippen molar-refractivity contribution in [1.82, 2.24) is 14.0 Å². The fourth-order valence-corrected chi connectivity index (χ4v) is 5.56. The summed E-state index contributed by atoms with van der Waals surface area (Å²) in [6, 6.07) is 17.0. The number of hydroxylamine groups is 3. The van der Waals surface area contributed by atoms with Gasteiger partial charge in [0.25, 0.3) is 0 Å². The molecule has 222 valence electrons. The molecule has 10 nitrogen and oxygen atoms in total. The van der Waals surface area contributed by atoms with Crippen molar-refractivity contribution in [2.75, 3.05) is 45.6 Å². The smallest absolute Gasteiger partial charge is 0.334 e. The summed E-state index contributed by atoms with van der Waals surface area (Å²) in [4.78, 5) is 28.4. The van der Waals surface area contributed by atoms with E-state index < -0.39 is 4.65 Å². The third-order valence-electron chi connectivity index (χ3n) is 7.82. The number of ether oxygens (including phenoxy) is 1. The molecule has 0 atom stereocenters. The first-order chi connectivity index (χ1) is 20.2. The minimum absolute atomic E-state index is 0.0786. The van der Waals surface area contributed by atoms with E-state index in [4.69, 9.17) is 10.1 Å². The van der Waals surface area contributed by atoms with Crippen molar-refractivity contribution in [3.05, 3.63) is 88.1 Å². The highest BCUT2D eigenvalue weighted by Crippen LogP contribution is 2.28. The van der Waals surface area contributed by atoms with E-state index in [1.807, 2.05) is 59.5 Å². The van der Waals surface area contributed by atoms with Crippen LogP contribution in [0.2, 0.25) is 0 Å². The molecule has 1 aromatic heterocycles. The van der Waals surface area contributed by atoms with E-state index in [0.717, 1.165) is 38.0 Å². The molecule has 5 rings (SSSR count). The minimum atomic E-state index is -0.471. The molecule has 3 aromatic rings. The van der Waals surface area contributed by atoms with Gasteiger partial charge in [0, 0.05) is 32.3 Å². The fraction of sp³-hybridized carbons (Fsp3) is 0.406. The summed E-state index contributed by atoms with van der Waals surface area (Å²) in [6.07, 6.45) is 7.13. The van der Waals surface area contributed by atoms with Gasteiger partial charge < -0.3 is 30.2 Å². The molecule has 0 radical (unpaired) electrons. The van der Waals surface area contributed by atoms with Crippen LogP contribution in [0, 0.1) is 16.5 Å². The highest BCUT2D eigenvalue weighted by molar-refractivity contribution is 6.01. The number of likely N-dealkylation sites (N-methyl/N-ethyl adjacent to an activating group) is 1. The summed E-state index contributed by atoms with van der Waals surface area (Å²) in [7, 11) is 3.09. The molecule has 10 heteroatoms. The van der Waals surface area contributed by atoms with Crippen molar-refractivity contribution in [2.24, 2.45) is 5.92 Å². The molecule has 0 bridgehead atoms. The SMILES string of the molecule is C[N+](C)([O-])C/C=C/C(=O)N1CCC(Cn2c3c(n(-c4ccc(Oc5ccccc5)cc4)c2=O)C(=N)CCCCN3)CC1. The summed E-state index contributed by atoms with van der Waals surface area (Å²) in [5, 5.41) is 24.1. The number of piperidine rings is 1. The second-order valence-electron chi connectivity index (χ2n) is 11.6. The number of hydrogen-bond acceptors (Lipinski definition) is 6. The maximum absolute atomic E-state index is 14.0. The number of amides is 1. The molecule has 1 fully saturated rings. The van der Waals surface area contributed by atoms with Crippen LogP contribution >= 0.6 is 0 Å². The normalized spacial score (nSPS) is 16.5. The number of rotatable bonds is 8. The van der Waals surface area contributed by atoms with E-state index in [0.29, 0.717) is 54.7 Å². The predicted molar refractivity (Wildman–Crippen MR) is 165 cm³/mol. The number of anilines is 1. The molecule has 0 spiro atoms. The maximum atomic E-state index is 14.0. The van der Waals surface area contributed by atoms with Crippen LogP contribution in [0.4, 0.5) is 5.82 Å². The molecular weight excluding hydrogens is 532 g/mol. The average Bonchev–Trinajstić information content (AvgIpc) is 3.22. The van der Waals surface area contributed by atoms with Gasteiger partial charge in [-0.25, -0.2) is 4.79 Å². The number of carbonyl (C=O) groups is 1. The second-order valence-corrected chi connectivity index (χ2v) is 11.6.